The van der Waals surface area contributed by atoms with Crippen LogP contribution in [0.15, 0.2) is 46.3 Å². The predicted molar refractivity (Wildman–Crippen MR) is 80.4 cm³/mol. The van der Waals surface area contributed by atoms with Gasteiger partial charge in [-0.2, -0.15) is 0 Å². The molecule has 1 N–H and O–H groups in total. The standard InChI is InChI=1S/C13H9ClN4O2S/c14-8-2-3-10-9(6-8)17-13(20-10)21-7-11(19)18-12-15-4-1-5-16-12/h1-6H,7H2,(H,15,16,18,19). The first-order valence-corrected chi connectivity index (χ1v) is 7.33. The van der Waals surface area contributed by atoms with Gasteiger partial charge in [0, 0.05) is 17.4 Å². The summed E-state index contributed by atoms with van der Waals surface area (Å²) < 4.78 is 5.51. The number of hydrogen-bond donors (Lipinski definition) is 1. The Morgan fingerprint density at radius 2 is 2.14 bits per heavy atom. The van der Waals surface area contributed by atoms with Gasteiger partial charge in [0.2, 0.25) is 11.9 Å². The number of aromatic nitrogens is 3. The van der Waals surface area contributed by atoms with Crippen molar-refractivity contribution in [2.75, 3.05) is 11.1 Å². The van der Waals surface area contributed by atoms with Crippen molar-refractivity contribution in [3.8, 4) is 0 Å². The molecule has 0 saturated carbocycles. The van der Waals surface area contributed by atoms with Crippen molar-refractivity contribution < 1.29 is 9.21 Å². The molecule has 0 spiro atoms. The van der Waals surface area contributed by atoms with Crippen molar-refractivity contribution in [2.45, 2.75) is 5.22 Å². The number of anilines is 1. The lowest BCUT2D eigenvalue weighted by Gasteiger charge is -2.00. The number of thioether (sulfide) groups is 1. The van der Waals surface area contributed by atoms with Gasteiger partial charge in [0.25, 0.3) is 5.22 Å². The van der Waals surface area contributed by atoms with Crippen LogP contribution in [-0.2, 0) is 4.79 Å². The summed E-state index contributed by atoms with van der Waals surface area (Å²) in [6.45, 7) is 0. The topological polar surface area (TPSA) is 80.9 Å². The second kappa shape index (κ2) is 6.11. The zero-order valence-electron chi connectivity index (χ0n) is 10.6. The number of nitrogens with zero attached hydrogens (tertiary/aromatic N) is 3. The minimum absolute atomic E-state index is 0.152. The second-order valence-electron chi connectivity index (χ2n) is 4.00. The number of nitrogens with one attached hydrogen (secondary N) is 1. The van der Waals surface area contributed by atoms with E-state index in [1.807, 2.05) is 0 Å². The quantitative estimate of drug-likeness (QED) is 0.744. The van der Waals surface area contributed by atoms with Crippen LogP contribution in [0, 0.1) is 0 Å². The van der Waals surface area contributed by atoms with E-state index in [1.165, 1.54) is 11.8 Å². The molecule has 0 atom stereocenters. The molecule has 0 unspecified atom stereocenters. The molecule has 8 heteroatoms. The highest BCUT2D eigenvalue weighted by Gasteiger charge is 2.10. The Morgan fingerprint density at radius 3 is 2.95 bits per heavy atom. The van der Waals surface area contributed by atoms with Crippen LogP contribution in [0.2, 0.25) is 5.02 Å². The number of hydrogen-bond acceptors (Lipinski definition) is 6. The van der Waals surface area contributed by atoms with Gasteiger partial charge in [-0.05, 0) is 24.3 Å². The van der Waals surface area contributed by atoms with E-state index in [0.29, 0.717) is 21.3 Å². The van der Waals surface area contributed by atoms with Gasteiger partial charge in [-0.1, -0.05) is 23.4 Å². The van der Waals surface area contributed by atoms with Gasteiger partial charge in [0.1, 0.15) is 5.52 Å². The summed E-state index contributed by atoms with van der Waals surface area (Å²) >= 11 is 7.07. The summed E-state index contributed by atoms with van der Waals surface area (Å²) in [5.41, 5.74) is 1.30. The van der Waals surface area contributed by atoms with E-state index >= 15 is 0 Å². The molecule has 2 heterocycles. The molecular formula is C13H9ClN4O2S. The van der Waals surface area contributed by atoms with Crippen LogP contribution in [0.25, 0.3) is 11.1 Å². The normalized spacial score (nSPS) is 10.7. The third-order valence-corrected chi connectivity index (χ3v) is 3.54. The molecular weight excluding hydrogens is 312 g/mol. The number of rotatable bonds is 4. The van der Waals surface area contributed by atoms with Crippen molar-refractivity contribution in [1.82, 2.24) is 15.0 Å². The van der Waals surface area contributed by atoms with Crippen molar-refractivity contribution in [2.24, 2.45) is 0 Å². The fourth-order valence-corrected chi connectivity index (χ4v) is 2.40. The number of benzene rings is 1. The molecule has 0 saturated heterocycles. The lowest BCUT2D eigenvalue weighted by Crippen LogP contribution is -2.15. The number of oxazole rings is 1. The Hall–Kier alpha value is -2.12. The minimum Gasteiger partial charge on any atom is -0.431 e. The Kier molecular flexibility index (Phi) is 4.03. The summed E-state index contributed by atoms with van der Waals surface area (Å²) in [6.07, 6.45) is 3.11. The average Bonchev–Trinajstić information content (AvgIpc) is 2.88. The van der Waals surface area contributed by atoms with Crippen molar-refractivity contribution in [3.05, 3.63) is 41.7 Å². The second-order valence-corrected chi connectivity index (χ2v) is 5.36. The zero-order chi connectivity index (χ0) is 14.7. The van der Waals surface area contributed by atoms with Gasteiger partial charge >= 0.3 is 0 Å². The first-order valence-electron chi connectivity index (χ1n) is 5.96. The van der Waals surface area contributed by atoms with Gasteiger partial charge in [-0.25, -0.2) is 15.0 Å². The molecule has 2 aromatic heterocycles. The van der Waals surface area contributed by atoms with Gasteiger partial charge in [0.05, 0.1) is 5.75 Å². The van der Waals surface area contributed by atoms with Gasteiger partial charge < -0.3 is 4.42 Å². The number of amides is 1. The molecule has 3 rings (SSSR count). The largest absolute Gasteiger partial charge is 0.431 e. The fourth-order valence-electron chi connectivity index (χ4n) is 1.59. The number of carbonyl (C=O) groups is 1. The maximum atomic E-state index is 11.8. The summed E-state index contributed by atoms with van der Waals surface area (Å²) in [5, 5.41) is 3.59. The molecule has 3 aromatic rings. The highest BCUT2D eigenvalue weighted by Crippen LogP contribution is 2.25. The van der Waals surface area contributed by atoms with Gasteiger partial charge in [-0.3, -0.25) is 10.1 Å². The number of halogens is 1. The molecule has 0 aliphatic heterocycles. The number of fused-ring (bicyclic) bond motifs is 1. The van der Waals surface area contributed by atoms with Crippen LogP contribution < -0.4 is 5.32 Å². The monoisotopic (exact) mass is 320 g/mol. The third-order valence-electron chi connectivity index (χ3n) is 2.47. The first-order chi connectivity index (χ1) is 10.2. The Labute approximate surface area is 128 Å². The van der Waals surface area contributed by atoms with Crippen molar-refractivity contribution in [3.63, 3.8) is 0 Å². The maximum absolute atomic E-state index is 11.8. The zero-order valence-corrected chi connectivity index (χ0v) is 12.2. The molecule has 0 aliphatic carbocycles. The Bertz CT molecular complexity index is 778. The predicted octanol–water partition coefficient (Wildman–Crippen LogP) is 3.00. The summed E-state index contributed by atoms with van der Waals surface area (Å²) in [6, 6.07) is 6.85. The van der Waals surface area contributed by atoms with E-state index < -0.39 is 0 Å². The minimum atomic E-state index is -0.230. The maximum Gasteiger partial charge on any atom is 0.257 e. The molecule has 6 nitrogen and oxygen atoms in total. The van der Waals surface area contributed by atoms with E-state index in [9.17, 15) is 4.79 Å². The Morgan fingerprint density at radius 1 is 1.33 bits per heavy atom. The van der Waals surface area contributed by atoms with Crippen LogP contribution in [0.4, 0.5) is 5.95 Å². The summed E-state index contributed by atoms with van der Waals surface area (Å²) in [5.74, 6) is 0.192. The molecule has 0 radical (unpaired) electrons. The molecule has 0 aliphatic rings. The van der Waals surface area contributed by atoms with Crippen LogP contribution in [-0.4, -0.2) is 26.6 Å². The summed E-state index contributed by atoms with van der Waals surface area (Å²) in [7, 11) is 0. The van der Waals surface area contributed by atoms with E-state index in [0.717, 1.165) is 0 Å². The lowest BCUT2D eigenvalue weighted by atomic mass is 10.3. The third kappa shape index (κ3) is 3.50. The molecule has 106 valence electrons. The van der Waals surface area contributed by atoms with E-state index in [2.05, 4.69) is 20.3 Å². The lowest BCUT2D eigenvalue weighted by molar-refractivity contribution is -0.113. The molecule has 0 bridgehead atoms. The molecule has 1 aromatic carbocycles. The van der Waals surface area contributed by atoms with Crippen molar-refractivity contribution >= 4 is 46.3 Å². The van der Waals surface area contributed by atoms with E-state index in [1.54, 1.807) is 36.7 Å². The molecule has 1 amide bonds. The van der Waals surface area contributed by atoms with Gasteiger partial charge in [-0.15, -0.1) is 0 Å². The van der Waals surface area contributed by atoms with Crippen molar-refractivity contribution in [1.29, 1.82) is 0 Å². The van der Waals surface area contributed by atoms with Crippen LogP contribution >= 0.6 is 23.4 Å². The van der Waals surface area contributed by atoms with E-state index in [4.69, 9.17) is 16.0 Å². The smallest absolute Gasteiger partial charge is 0.257 e. The highest BCUT2D eigenvalue weighted by molar-refractivity contribution is 7.99. The highest BCUT2D eigenvalue weighted by atomic mass is 35.5. The van der Waals surface area contributed by atoms with Crippen LogP contribution in [0.1, 0.15) is 0 Å². The molecule has 21 heavy (non-hydrogen) atoms. The summed E-state index contributed by atoms with van der Waals surface area (Å²) in [4.78, 5) is 23.8. The van der Waals surface area contributed by atoms with E-state index in [-0.39, 0.29) is 17.6 Å². The Balaban J connectivity index is 1.62. The fraction of sp³-hybridized carbons (Fsp3) is 0.0769. The average molecular weight is 321 g/mol. The van der Waals surface area contributed by atoms with Crippen LogP contribution in [0.3, 0.4) is 0 Å². The van der Waals surface area contributed by atoms with Gasteiger partial charge in [0.15, 0.2) is 5.58 Å². The number of carbonyl (C=O) groups excluding carboxylic acids is 1. The first kappa shape index (κ1) is 13.8. The van der Waals surface area contributed by atoms with Crippen LogP contribution in [0.5, 0.6) is 0 Å². The SMILES string of the molecule is O=C(CSc1nc2cc(Cl)ccc2o1)Nc1ncccn1. The molecule has 0 fully saturated rings.